The van der Waals surface area contributed by atoms with Gasteiger partial charge in [0, 0.05) is 24.7 Å². The zero-order chi connectivity index (χ0) is 17.6. The summed E-state index contributed by atoms with van der Waals surface area (Å²) < 4.78 is 6.34. The van der Waals surface area contributed by atoms with Gasteiger partial charge in [0.25, 0.3) is 0 Å². The molecule has 0 radical (unpaired) electrons. The number of nitrogens with zero attached hydrogens (tertiary/aromatic N) is 1. The van der Waals surface area contributed by atoms with Crippen molar-refractivity contribution < 1.29 is 4.74 Å². The first-order chi connectivity index (χ1) is 12.9. The average molecular weight is 358 g/mol. The van der Waals surface area contributed by atoms with E-state index in [-0.39, 0.29) is 0 Å². The zero-order valence-corrected chi connectivity index (χ0v) is 16.0. The van der Waals surface area contributed by atoms with Crippen molar-refractivity contribution in [3.8, 4) is 0 Å². The van der Waals surface area contributed by atoms with Gasteiger partial charge in [-0.25, -0.2) is 0 Å². The summed E-state index contributed by atoms with van der Waals surface area (Å²) in [7, 11) is 0. The van der Waals surface area contributed by atoms with Gasteiger partial charge in [-0.3, -0.25) is 4.90 Å². The van der Waals surface area contributed by atoms with Crippen LogP contribution in [0, 0.1) is 0 Å². The molecule has 1 aliphatic carbocycles. The number of benzene rings is 1. The second-order valence-corrected chi connectivity index (χ2v) is 8.35. The molecule has 0 bridgehead atoms. The van der Waals surface area contributed by atoms with Gasteiger partial charge >= 0.3 is 0 Å². The summed E-state index contributed by atoms with van der Waals surface area (Å²) in [6.07, 6.45) is 9.41. The fraction of sp³-hybridized carbons (Fsp3) is 0.727. The van der Waals surface area contributed by atoms with Gasteiger partial charge in [-0.05, 0) is 57.3 Å². The molecule has 3 aliphatic rings. The van der Waals surface area contributed by atoms with Gasteiger partial charge in [0.15, 0.2) is 0 Å². The third-order valence-electron chi connectivity index (χ3n) is 6.54. The lowest BCUT2D eigenvalue weighted by Crippen LogP contribution is -2.53. The highest BCUT2D eigenvalue weighted by Gasteiger charge is 2.31. The van der Waals surface area contributed by atoms with Crippen LogP contribution in [0.4, 0.5) is 0 Å². The standard InChI is InChI=1S/C22H35N3O/c1-2-6-18(7-3-1)17-26-22-9-5-4-8-21(22)24-19-11-14-25(15-12-19)20-10-13-23-16-20/h1-3,6-7,19-24H,4-5,8-17H2/t20-,21-,22-/m0/s1. The van der Waals surface area contributed by atoms with Crippen molar-refractivity contribution in [1.82, 2.24) is 15.5 Å². The topological polar surface area (TPSA) is 36.5 Å². The van der Waals surface area contributed by atoms with Gasteiger partial charge in [-0.2, -0.15) is 0 Å². The molecule has 0 spiro atoms. The van der Waals surface area contributed by atoms with Crippen LogP contribution in [0.2, 0.25) is 0 Å². The van der Waals surface area contributed by atoms with Gasteiger partial charge in [0.2, 0.25) is 0 Å². The fourth-order valence-corrected chi connectivity index (χ4v) is 4.95. The third-order valence-corrected chi connectivity index (χ3v) is 6.54. The minimum absolute atomic E-state index is 0.376. The van der Waals surface area contributed by atoms with Crippen molar-refractivity contribution in [2.45, 2.75) is 75.8 Å². The summed E-state index contributed by atoms with van der Waals surface area (Å²) in [5, 5.41) is 7.49. The fourth-order valence-electron chi connectivity index (χ4n) is 4.95. The monoisotopic (exact) mass is 357 g/mol. The highest BCUT2D eigenvalue weighted by Crippen LogP contribution is 2.25. The Morgan fingerprint density at radius 1 is 1.00 bits per heavy atom. The smallest absolute Gasteiger partial charge is 0.0732 e. The number of piperidine rings is 1. The van der Waals surface area contributed by atoms with Crippen molar-refractivity contribution in [3.05, 3.63) is 35.9 Å². The van der Waals surface area contributed by atoms with Crippen LogP contribution in [0.1, 0.15) is 50.5 Å². The second kappa shape index (κ2) is 9.32. The number of hydrogen-bond donors (Lipinski definition) is 2. The first-order valence-electron chi connectivity index (χ1n) is 10.7. The molecule has 1 saturated carbocycles. The van der Waals surface area contributed by atoms with Gasteiger partial charge in [-0.15, -0.1) is 0 Å². The number of nitrogens with one attached hydrogen (secondary N) is 2. The second-order valence-electron chi connectivity index (χ2n) is 8.35. The van der Waals surface area contributed by atoms with E-state index < -0.39 is 0 Å². The Hall–Kier alpha value is -0.940. The van der Waals surface area contributed by atoms with Gasteiger partial charge in [0.1, 0.15) is 0 Å². The van der Waals surface area contributed by atoms with E-state index in [4.69, 9.17) is 4.74 Å². The molecule has 2 heterocycles. The molecule has 4 rings (SSSR count). The van der Waals surface area contributed by atoms with E-state index in [2.05, 4.69) is 45.9 Å². The summed E-state index contributed by atoms with van der Waals surface area (Å²) in [5.74, 6) is 0. The molecule has 1 aromatic carbocycles. The molecule has 4 nitrogen and oxygen atoms in total. The van der Waals surface area contributed by atoms with Crippen LogP contribution in [0.15, 0.2) is 30.3 Å². The van der Waals surface area contributed by atoms with Gasteiger partial charge in [0.05, 0.1) is 12.7 Å². The number of ether oxygens (including phenoxy) is 1. The highest BCUT2D eigenvalue weighted by molar-refractivity contribution is 5.13. The molecule has 3 fully saturated rings. The zero-order valence-electron chi connectivity index (χ0n) is 16.0. The quantitative estimate of drug-likeness (QED) is 0.821. The summed E-state index contributed by atoms with van der Waals surface area (Å²) in [6, 6.07) is 12.6. The van der Waals surface area contributed by atoms with Crippen molar-refractivity contribution in [2.24, 2.45) is 0 Å². The Labute approximate surface area is 158 Å². The van der Waals surface area contributed by atoms with Crippen LogP contribution >= 0.6 is 0 Å². The van der Waals surface area contributed by atoms with Gasteiger partial charge in [-0.1, -0.05) is 43.2 Å². The Morgan fingerprint density at radius 2 is 1.81 bits per heavy atom. The minimum atomic E-state index is 0.376. The van der Waals surface area contributed by atoms with Crippen LogP contribution in [0.5, 0.6) is 0 Å². The normalized spacial score (nSPS) is 31.3. The van der Waals surface area contributed by atoms with Gasteiger partial charge < -0.3 is 15.4 Å². The lowest BCUT2D eigenvalue weighted by molar-refractivity contribution is -0.0110. The van der Waals surface area contributed by atoms with Crippen molar-refractivity contribution in [2.75, 3.05) is 26.2 Å². The largest absolute Gasteiger partial charge is 0.372 e. The number of rotatable bonds is 6. The van der Waals surface area contributed by atoms with Crippen molar-refractivity contribution >= 4 is 0 Å². The molecule has 1 aromatic rings. The predicted molar refractivity (Wildman–Crippen MR) is 106 cm³/mol. The lowest BCUT2D eigenvalue weighted by Gasteiger charge is -2.40. The van der Waals surface area contributed by atoms with Crippen LogP contribution in [-0.4, -0.2) is 55.3 Å². The maximum absolute atomic E-state index is 6.34. The van der Waals surface area contributed by atoms with Crippen molar-refractivity contribution in [3.63, 3.8) is 0 Å². The van der Waals surface area contributed by atoms with Crippen LogP contribution in [0.3, 0.4) is 0 Å². The Kier molecular flexibility index (Phi) is 6.60. The first kappa shape index (κ1) is 18.4. The molecule has 2 aliphatic heterocycles. The average Bonchev–Trinajstić information content (AvgIpc) is 3.24. The van der Waals surface area contributed by atoms with E-state index in [0.29, 0.717) is 18.2 Å². The van der Waals surface area contributed by atoms with E-state index >= 15 is 0 Å². The van der Waals surface area contributed by atoms with E-state index in [9.17, 15) is 0 Å². The summed E-state index contributed by atoms with van der Waals surface area (Å²) in [4.78, 5) is 2.71. The first-order valence-corrected chi connectivity index (χ1v) is 10.7. The summed E-state index contributed by atoms with van der Waals surface area (Å²) >= 11 is 0. The maximum atomic E-state index is 6.34. The van der Waals surface area contributed by atoms with Crippen LogP contribution in [0.25, 0.3) is 0 Å². The lowest BCUT2D eigenvalue weighted by atomic mass is 9.90. The minimum Gasteiger partial charge on any atom is -0.372 e. The Morgan fingerprint density at radius 3 is 2.58 bits per heavy atom. The van der Waals surface area contributed by atoms with Crippen LogP contribution in [-0.2, 0) is 11.3 Å². The Bertz CT molecular complexity index is 523. The van der Waals surface area contributed by atoms with E-state index in [1.807, 2.05) is 0 Å². The summed E-state index contributed by atoms with van der Waals surface area (Å²) in [6.45, 7) is 5.65. The molecule has 26 heavy (non-hydrogen) atoms. The van der Waals surface area contributed by atoms with Crippen LogP contribution < -0.4 is 10.6 Å². The molecule has 0 aromatic heterocycles. The Balaban J connectivity index is 1.24. The van der Waals surface area contributed by atoms with E-state index in [1.165, 1.54) is 76.7 Å². The molecule has 2 N–H and O–H groups in total. The highest BCUT2D eigenvalue weighted by atomic mass is 16.5. The van der Waals surface area contributed by atoms with E-state index in [0.717, 1.165) is 12.6 Å². The molecule has 0 unspecified atom stereocenters. The molecule has 4 heteroatoms. The number of likely N-dealkylation sites (tertiary alicyclic amines) is 1. The van der Waals surface area contributed by atoms with E-state index in [1.54, 1.807) is 0 Å². The summed E-state index contributed by atoms with van der Waals surface area (Å²) in [5.41, 5.74) is 1.29. The SMILES string of the molecule is c1ccc(CO[C@H]2CCCC[C@@H]2NC2CCN([C@H]3CCNC3)CC2)cc1. The molecule has 144 valence electrons. The number of hydrogen-bond acceptors (Lipinski definition) is 4. The third kappa shape index (κ3) is 4.86. The predicted octanol–water partition coefficient (Wildman–Crippen LogP) is 2.93. The van der Waals surface area contributed by atoms with Crippen molar-refractivity contribution in [1.29, 1.82) is 0 Å². The molecular weight excluding hydrogens is 322 g/mol. The molecule has 3 atom stereocenters. The molecule has 0 amide bonds. The molecular formula is C22H35N3O. The molecule has 2 saturated heterocycles. The maximum Gasteiger partial charge on any atom is 0.0732 e.